The highest BCUT2D eigenvalue weighted by molar-refractivity contribution is 5.82. The third kappa shape index (κ3) is 2.75. The summed E-state index contributed by atoms with van der Waals surface area (Å²) >= 11 is 0. The lowest BCUT2D eigenvalue weighted by Gasteiger charge is -2.32. The summed E-state index contributed by atoms with van der Waals surface area (Å²) in [6.07, 6.45) is 2.65. The maximum Gasteiger partial charge on any atom is 0.314 e. The van der Waals surface area contributed by atoms with E-state index in [0.29, 0.717) is 0 Å². The second kappa shape index (κ2) is 6.55. The van der Waals surface area contributed by atoms with Crippen molar-refractivity contribution in [1.29, 1.82) is 0 Å². The van der Waals surface area contributed by atoms with Crippen molar-refractivity contribution in [3.8, 4) is 0 Å². The van der Waals surface area contributed by atoms with Crippen molar-refractivity contribution in [2.75, 3.05) is 13.6 Å². The summed E-state index contributed by atoms with van der Waals surface area (Å²) in [5.41, 5.74) is 4.44. The summed E-state index contributed by atoms with van der Waals surface area (Å²) in [6, 6.07) is 17.1. The van der Waals surface area contributed by atoms with Gasteiger partial charge >= 0.3 is 5.97 Å². The summed E-state index contributed by atoms with van der Waals surface area (Å²) in [7, 11) is 2.14. The van der Waals surface area contributed by atoms with Gasteiger partial charge in [-0.25, -0.2) is 0 Å². The molecule has 2 fully saturated rings. The lowest BCUT2D eigenvalue weighted by molar-refractivity contribution is -0.151. The summed E-state index contributed by atoms with van der Waals surface area (Å²) in [4.78, 5) is 15.3. The zero-order valence-electron chi connectivity index (χ0n) is 15.9. The Morgan fingerprint density at radius 1 is 1.19 bits per heavy atom. The van der Waals surface area contributed by atoms with E-state index in [2.05, 4.69) is 68.3 Å². The Kier molecular flexibility index (Phi) is 4.36. The van der Waals surface area contributed by atoms with Crippen LogP contribution in [0.25, 0.3) is 0 Å². The molecule has 2 aliphatic heterocycles. The van der Waals surface area contributed by atoms with Gasteiger partial charge in [0.2, 0.25) is 0 Å². The van der Waals surface area contributed by atoms with Gasteiger partial charge < -0.3 is 4.74 Å². The maximum absolute atomic E-state index is 12.9. The van der Waals surface area contributed by atoms with Crippen molar-refractivity contribution in [3.63, 3.8) is 0 Å². The number of hydrogen-bond donors (Lipinski definition) is 0. The van der Waals surface area contributed by atoms with Crippen molar-refractivity contribution in [3.05, 3.63) is 70.8 Å². The Bertz CT molecular complexity index is 816. The average Bonchev–Trinajstić information content (AvgIpc) is 3.15. The van der Waals surface area contributed by atoms with Crippen LogP contribution < -0.4 is 0 Å². The molecule has 2 aromatic rings. The number of aryl methyl sites for hydroxylation is 2. The fourth-order valence-corrected chi connectivity index (χ4v) is 4.81. The van der Waals surface area contributed by atoms with E-state index in [4.69, 9.17) is 4.74 Å². The van der Waals surface area contributed by atoms with Gasteiger partial charge in [0.05, 0.1) is 12.0 Å². The van der Waals surface area contributed by atoms with Gasteiger partial charge in [0.1, 0.15) is 5.60 Å². The van der Waals surface area contributed by atoms with Crippen LogP contribution in [0.15, 0.2) is 48.5 Å². The largest absolute Gasteiger partial charge is 0.456 e. The van der Waals surface area contributed by atoms with E-state index in [-0.39, 0.29) is 17.9 Å². The number of ether oxygens (including phenoxy) is 1. The van der Waals surface area contributed by atoms with Crippen molar-refractivity contribution < 1.29 is 9.53 Å². The highest BCUT2D eigenvalue weighted by Gasteiger charge is 2.56. The summed E-state index contributed by atoms with van der Waals surface area (Å²) in [6.45, 7) is 5.20. The number of likely N-dealkylation sites (N-methyl/N-ethyl adjacent to an activating group) is 1. The first kappa shape index (κ1) is 17.3. The Labute approximate surface area is 156 Å². The van der Waals surface area contributed by atoms with Gasteiger partial charge in [-0.2, -0.15) is 0 Å². The second-order valence-corrected chi connectivity index (χ2v) is 7.83. The minimum absolute atomic E-state index is 0.0578. The Morgan fingerprint density at radius 3 is 2.69 bits per heavy atom. The number of nitrogens with zero attached hydrogens (tertiary/aromatic N) is 1. The molecule has 0 saturated carbocycles. The first-order valence-electron chi connectivity index (χ1n) is 9.61. The van der Waals surface area contributed by atoms with Crippen LogP contribution in [0.3, 0.4) is 0 Å². The van der Waals surface area contributed by atoms with Crippen LogP contribution in [-0.2, 0) is 16.0 Å². The minimum atomic E-state index is -0.410. The SMILES string of the molecule is CCc1ccc(C)c(C2C[C@@]3(CCN(C)[C@H]3c3ccccc3)OC2=O)c1. The molecule has 136 valence electrons. The van der Waals surface area contributed by atoms with Crippen molar-refractivity contribution in [2.45, 2.75) is 50.7 Å². The number of hydrogen-bond acceptors (Lipinski definition) is 3. The van der Waals surface area contributed by atoms with Gasteiger partial charge in [-0.3, -0.25) is 9.69 Å². The molecule has 0 amide bonds. The number of esters is 1. The third-order valence-electron chi connectivity index (χ3n) is 6.21. The van der Waals surface area contributed by atoms with Gasteiger partial charge in [-0.1, -0.05) is 55.5 Å². The standard InChI is InChI=1S/C23H27NO2/c1-4-17-11-10-16(2)19(14-17)20-15-23(26-22(20)25)12-13-24(3)21(23)18-8-6-5-7-9-18/h5-11,14,20-21H,4,12-13,15H2,1-3H3/t20?,21-,23+/m0/s1. The van der Waals surface area contributed by atoms with Crippen LogP contribution in [0.1, 0.15) is 54.0 Å². The zero-order valence-corrected chi connectivity index (χ0v) is 15.9. The molecule has 2 heterocycles. The minimum Gasteiger partial charge on any atom is -0.456 e. The summed E-state index contributed by atoms with van der Waals surface area (Å²) in [5.74, 6) is -0.211. The van der Waals surface area contributed by atoms with E-state index in [1.54, 1.807) is 0 Å². The summed E-state index contributed by atoms with van der Waals surface area (Å²) < 4.78 is 6.16. The van der Waals surface area contributed by atoms with Crippen LogP contribution in [-0.4, -0.2) is 30.1 Å². The lowest BCUT2D eigenvalue weighted by Crippen LogP contribution is -2.36. The van der Waals surface area contributed by atoms with E-state index >= 15 is 0 Å². The first-order chi connectivity index (χ1) is 12.5. The predicted octanol–water partition coefficient (Wildman–Crippen LogP) is 4.40. The van der Waals surface area contributed by atoms with Crippen LogP contribution in [0.5, 0.6) is 0 Å². The normalized spacial score (nSPS) is 28.7. The molecule has 0 aromatic heterocycles. The molecule has 2 saturated heterocycles. The van der Waals surface area contributed by atoms with E-state index in [9.17, 15) is 4.79 Å². The van der Waals surface area contributed by atoms with Crippen LogP contribution in [0.4, 0.5) is 0 Å². The summed E-state index contributed by atoms with van der Waals surface area (Å²) in [5, 5.41) is 0. The van der Waals surface area contributed by atoms with Crippen LogP contribution >= 0.6 is 0 Å². The molecular weight excluding hydrogens is 322 g/mol. The molecule has 1 unspecified atom stereocenters. The van der Waals surface area contributed by atoms with Crippen LogP contribution in [0, 0.1) is 6.92 Å². The molecule has 3 heteroatoms. The molecule has 4 rings (SSSR count). The van der Waals surface area contributed by atoms with E-state index in [1.165, 1.54) is 16.7 Å². The molecule has 0 radical (unpaired) electrons. The number of carbonyl (C=O) groups excluding carboxylic acids is 1. The third-order valence-corrected chi connectivity index (χ3v) is 6.21. The molecule has 0 N–H and O–H groups in total. The molecular formula is C23H27NO2. The smallest absolute Gasteiger partial charge is 0.314 e. The molecule has 0 bridgehead atoms. The van der Waals surface area contributed by atoms with E-state index in [1.807, 2.05) is 6.07 Å². The first-order valence-corrected chi connectivity index (χ1v) is 9.61. The lowest BCUT2D eigenvalue weighted by atomic mass is 9.80. The predicted molar refractivity (Wildman–Crippen MR) is 103 cm³/mol. The molecule has 0 aliphatic carbocycles. The number of likely N-dealkylation sites (tertiary alicyclic amines) is 1. The van der Waals surface area contributed by atoms with Crippen LogP contribution in [0.2, 0.25) is 0 Å². The van der Waals surface area contributed by atoms with E-state index in [0.717, 1.165) is 31.4 Å². The van der Waals surface area contributed by atoms with Crippen molar-refractivity contribution in [1.82, 2.24) is 4.90 Å². The highest BCUT2D eigenvalue weighted by atomic mass is 16.6. The quantitative estimate of drug-likeness (QED) is 0.769. The van der Waals surface area contributed by atoms with Crippen molar-refractivity contribution >= 4 is 5.97 Å². The molecule has 26 heavy (non-hydrogen) atoms. The fourth-order valence-electron chi connectivity index (χ4n) is 4.81. The fraction of sp³-hybridized carbons (Fsp3) is 0.435. The average molecular weight is 349 g/mol. The molecule has 3 nitrogen and oxygen atoms in total. The van der Waals surface area contributed by atoms with E-state index < -0.39 is 5.60 Å². The maximum atomic E-state index is 12.9. The molecule has 3 atom stereocenters. The second-order valence-electron chi connectivity index (χ2n) is 7.83. The molecule has 1 spiro atoms. The zero-order chi connectivity index (χ0) is 18.3. The number of benzene rings is 2. The van der Waals surface area contributed by atoms with Gasteiger partial charge in [0, 0.05) is 19.4 Å². The Balaban J connectivity index is 1.71. The number of carbonyl (C=O) groups is 1. The monoisotopic (exact) mass is 349 g/mol. The number of rotatable bonds is 3. The molecule has 2 aromatic carbocycles. The molecule has 2 aliphatic rings. The Morgan fingerprint density at radius 2 is 1.96 bits per heavy atom. The van der Waals surface area contributed by atoms with Gasteiger partial charge in [0.15, 0.2) is 0 Å². The Hall–Kier alpha value is -2.13. The highest BCUT2D eigenvalue weighted by Crippen LogP contribution is 2.52. The van der Waals surface area contributed by atoms with Gasteiger partial charge in [-0.15, -0.1) is 0 Å². The van der Waals surface area contributed by atoms with Crippen molar-refractivity contribution in [2.24, 2.45) is 0 Å². The van der Waals surface area contributed by atoms with Gasteiger partial charge in [-0.05, 0) is 42.6 Å². The van der Waals surface area contributed by atoms with Gasteiger partial charge in [0.25, 0.3) is 0 Å². The topological polar surface area (TPSA) is 29.5 Å².